The monoisotopic (exact) mass is 391 g/mol. The van der Waals surface area contributed by atoms with Gasteiger partial charge in [0.15, 0.2) is 5.82 Å². The Labute approximate surface area is 172 Å². The lowest BCUT2D eigenvalue weighted by molar-refractivity contribution is 0.261. The summed E-state index contributed by atoms with van der Waals surface area (Å²) in [7, 11) is 3.86. The molecule has 6 nitrogen and oxygen atoms in total. The van der Waals surface area contributed by atoms with Crippen LogP contribution in [0.1, 0.15) is 38.2 Å². The molecule has 1 N–H and O–H groups in total. The fourth-order valence-electron chi connectivity index (χ4n) is 4.14. The number of pyridine rings is 1. The predicted octanol–water partition coefficient (Wildman–Crippen LogP) is 4.33. The van der Waals surface area contributed by atoms with E-state index in [1.165, 1.54) is 12.0 Å². The van der Waals surface area contributed by atoms with E-state index in [9.17, 15) is 0 Å². The highest BCUT2D eigenvalue weighted by Gasteiger charge is 2.20. The number of likely N-dealkylation sites (tertiary alicyclic amines) is 1. The third kappa shape index (κ3) is 4.03. The third-order valence-corrected chi connectivity index (χ3v) is 5.68. The Morgan fingerprint density at radius 2 is 2.03 bits per heavy atom. The largest absolute Gasteiger partial charge is 0.497 e. The number of piperidine rings is 1. The summed E-state index contributed by atoms with van der Waals surface area (Å²) in [6.07, 6.45) is 6.05. The minimum Gasteiger partial charge on any atom is -0.497 e. The van der Waals surface area contributed by atoms with Crippen molar-refractivity contribution in [2.45, 2.75) is 38.6 Å². The van der Waals surface area contributed by atoms with Gasteiger partial charge in [0.1, 0.15) is 11.4 Å². The van der Waals surface area contributed by atoms with Gasteiger partial charge in [0.05, 0.1) is 7.11 Å². The van der Waals surface area contributed by atoms with E-state index >= 15 is 0 Å². The topological polar surface area (TPSA) is 63.2 Å². The minimum absolute atomic E-state index is 0.342. The standard InChI is InChI=1S/C23H29N5O/c1-15(2)20-12-17(29-4)7-8-18(20)22-19-9-10-24-13-21(19)23(27-26-22)25-16-6-5-11-28(3)14-16/h7-10,12-13,15-16H,5-6,11,14H2,1-4H3,(H,25,27)/t16-/m0/s1. The molecule has 3 aromatic rings. The van der Waals surface area contributed by atoms with Gasteiger partial charge in [0.25, 0.3) is 0 Å². The number of nitrogens with zero attached hydrogens (tertiary/aromatic N) is 4. The van der Waals surface area contributed by atoms with E-state index in [0.29, 0.717) is 12.0 Å². The van der Waals surface area contributed by atoms with Crippen LogP contribution in [0.15, 0.2) is 36.7 Å². The van der Waals surface area contributed by atoms with Gasteiger partial charge in [-0.15, -0.1) is 10.2 Å². The maximum absolute atomic E-state index is 5.44. The molecular formula is C23H29N5O. The minimum atomic E-state index is 0.342. The first-order valence-corrected chi connectivity index (χ1v) is 10.3. The summed E-state index contributed by atoms with van der Waals surface area (Å²) in [6.45, 7) is 6.54. The summed E-state index contributed by atoms with van der Waals surface area (Å²) in [5.74, 6) is 2.02. The number of rotatable bonds is 5. The molecule has 1 saturated heterocycles. The Balaban J connectivity index is 1.78. The fourth-order valence-corrected chi connectivity index (χ4v) is 4.14. The van der Waals surface area contributed by atoms with Gasteiger partial charge in [-0.3, -0.25) is 4.98 Å². The van der Waals surface area contributed by atoms with Gasteiger partial charge in [-0.2, -0.15) is 0 Å². The molecular weight excluding hydrogens is 362 g/mol. The number of hydrogen-bond acceptors (Lipinski definition) is 6. The molecule has 0 spiro atoms. The molecule has 0 radical (unpaired) electrons. The van der Waals surface area contributed by atoms with Crippen molar-refractivity contribution in [2.75, 3.05) is 32.6 Å². The maximum Gasteiger partial charge on any atom is 0.158 e. The lowest BCUT2D eigenvalue weighted by Gasteiger charge is -2.30. The molecule has 1 aromatic carbocycles. The van der Waals surface area contributed by atoms with Crippen LogP contribution in [0, 0.1) is 0 Å². The average Bonchev–Trinajstić information content (AvgIpc) is 2.73. The number of fused-ring (bicyclic) bond motifs is 1. The van der Waals surface area contributed by atoms with E-state index in [4.69, 9.17) is 4.74 Å². The van der Waals surface area contributed by atoms with Gasteiger partial charge in [-0.05, 0) is 62.2 Å². The highest BCUT2D eigenvalue weighted by Crippen LogP contribution is 2.36. The van der Waals surface area contributed by atoms with E-state index < -0.39 is 0 Å². The van der Waals surface area contributed by atoms with Crippen molar-refractivity contribution in [2.24, 2.45) is 0 Å². The van der Waals surface area contributed by atoms with Crippen LogP contribution in [-0.2, 0) is 0 Å². The number of anilines is 1. The summed E-state index contributed by atoms with van der Waals surface area (Å²) in [5.41, 5.74) is 3.18. The van der Waals surface area contributed by atoms with Crippen molar-refractivity contribution in [1.29, 1.82) is 0 Å². The van der Waals surface area contributed by atoms with Crippen molar-refractivity contribution in [3.05, 3.63) is 42.2 Å². The lowest BCUT2D eigenvalue weighted by Crippen LogP contribution is -2.40. The number of likely N-dealkylation sites (N-methyl/N-ethyl adjacent to an activating group) is 1. The van der Waals surface area contributed by atoms with Crippen LogP contribution in [0.25, 0.3) is 22.0 Å². The molecule has 2 aromatic heterocycles. The van der Waals surface area contributed by atoms with E-state index in [1.807, 2.05) is 24.5 Å². The van der Waals surface area contributed by atoms with Crippen molar-refractivity contribution >= 4 is 16.6 Å². The molecule has 1 aliphatic rings. The number of hydrogen-bond donors (Lipinski definition) is 1. The van der Waals surface area contributed by atoms with Crippen LogP contribution in [0.5, 0.6) is 5.75 Å². The first kappa shape index (κ1) is 19.6. The number of nitrogens with one attached hydrogen (secondary N) is 1. The Hall–Kier alpha value is -2.73. The lowest BCUT2D eigenvalue weighted by atomic mass is 9.93. The second-order valence-corrected chi connectivity index (χ2v) is 8.17. The Bertz CT molecular complexity index is 1000. The van der Waals surface area contributed by atoms with Gasteiger partial charge in [0.2, 0.25) is 0 Å². The van der Waals surface area contributed by atoms with Gasteiger partial charge in [-0.25, -0.2) is 0 Å². The summed E-state index contributed by atoms with van der Waals surface area (Å²) in [5, 5.41) is 14.9. The van der Waals surface area contributed by atoms with E-state index in [2.05, 4.69) is 58.4 Å². The van der Waals surface area contributed by atoms with Crippen molar-refractivity contribution in [3.63, 3.8) is 0 Å². The molecule has 0 unspecified atom stereocenters. The molecule has 0 saturated carbocycles. The zero-order valence-corrected chi connectivity index (χ0v) is 17.6. The molecule has 1 fully saturated rings. The molecule has 0 bridgehead atoms. The van der Waals surface area contributed by atoms with Crippen LogP contribution in [0.4, 0.5) is 5.82 Å². The molecule has 152 valence electrons. The van der Waals surface area contributed by atoms with Crippen molar-refractivity contribution < 1.29 is 4.74 Å². The van der Waals surface area contributed by atoms with E-state index in [1.54, 1.807) is 7.11 Å². The van der Waals surface area contributed by atoms with Gasteiger partial charge in [0, 0.05) is 41.3 Å². The Morgan fingerprint density at radius 1 is 1.17 bits per heavy atom. The number of aromatic nitrogens is 3. The van der Waals surface area contributed by atoms with Gasteiger partial charge >= 0.3 is 0 Å². The van der Waals surface area contributed by atoms with Crippen LogP contribution < -0.4 is 10.1 Å². The van der Waals surface area contributed by atoms with Crippen LogP contribution in [0.2, 0.25) is 0 Å². The SMILES string of the molecule is COc1ccc(-c2nnc(N[C@H]3CCCN(C)C3)c3cnccc23)c(C(C)C)c1. The quantitative estimate of drug-likeness (QED) is 0.698. The zero-order chi connectivity index (χ0) is 20.4. The summed E-state index contributed by atoms with van der Waals surface area (Å²) >= 11 is 0. The second-order valence-electron chi connectivity index (χ2n) is 8.17. The first-order valence-electron chi connectivity index (χ1n) is 10.3. The zero-order valence-electron chi connectivity index (χ0n) is 17.6. The maximum atomic E-state index is 5.44. The Morgan fingerprint density at radius 3 is 2.79 bits per heavy atom. The molecule has 1 atom stereocenters. The molecule has 3 heterocycles. The van der Waals surface area contributed by atoms with Gasteiger partial charge < -0.3 is 15.0 Å². The van der Waals surface area contributed by atoms with E-state index in [-0.39, 0.29) is 0 Å². The van der Waals surface area contributed by atoms with Crippen molar-refractivity contribution in [1.82, 2.24) is 20.1 Å². The highest BCUT2D eigenvalue weighted by atomic mass is 16.5. The number of ether oxygens (including phenoxy) is 1. The Kier molecular flexibility index (Phi) is 5.62. The fraction of sp³-hybridized carbons (Fsp3) is 0.435. The summed E-state index contributed by atoms with van der Waals surface area (Å²) in [4.78, 5) is 6.72. The van der Waals surface area contributed by atoms with Crippen LogP contribution >= 0.6 is 0 Å². The smallest absolute Gasteiger partial charge is 0.158 e. The van der Waals surface area contributed by atoms with E-state index in [0.717, 1.165) is 53.1 Å². The predicted molar refractivity (Wildman–Crippen MR) is 118 cm³/mol. The number of benzene rings is 1. The molecule has 29 heavy (non-hydrogen) atoms. The molecule has 6 heteroatoms. The highest BCUT2D eigenvalue weighted by molar-refractivity contribution is 6.00. The average molecular weight is 392 g/mol. The van der Waals surface area contributed by atoms with Gasteiger partial charge in [-0.1, -0.05) is 13.8 Å². The van der Waals surface area contributed by atoms with Crippen LogP contribution in [0.3, 0.4) is 0 Å². The molecule has 0 aliphatic carbocycles. The van der Waals surface area contributed by atoms with Crippen LogP contribution in [-0.4, -0.2) is 53.4 Å². The van der Waals surface area contributed by atoms with Crippen molar-refractivity contribution in [3.8, 4) is 17.0 Å². The first-order chi connectivity index (χ1) is 14.1. The normalized spacial score (nSPS) is 17.6. The molecule has 1 aliphatic heterocycles. The summed E-state index contributed by atoms with van der Waals surface area (Å²) < 4.78 is 5.44. The third-order valence-electron chi connectivity index (χ3n) is 5.68. The number of methoxy groups -OCH3 is 1. The molecule has 0 amide bonds. The second kappa shape index (κ2) is 8.33. The molecule has 4 rings (SSSR count). The summed E-state index contributed by atoms with van der Waals surface area (Å²) in [6, 6.07) is 8.58.